The van der Waals surface area contributed by atoms with Crippen molar-refractivity contribution in [1.29, 1.82) is 0 Å². The van der Waals surface area contributed by atoms with Gasteiger partial charge in [-0.25, -0.2) is 10.4 Å². The van der Waals surface area contributed by atoms with Crippen LogP contribution in [0.3, 0.4) is 0 Å². The zero-order valence-corrected chi connectivity index (χ0v) is 7.98. The molecule has 0 aliphatic carbocycles. The molecule has 68 valence electrons. The number of amides is 2. The van der Waals surface area contributed by atoms with Gasteiger partial charge < -0.3 is 0 Å². The van der Waals surface area contributed by atoms with Gasteiger partial charge in [0.05, 0.1) is 5.25 Å². The van der Waals surface area contributed by atoms with E-state index in [-0.39, 0.29) is 17.1 Å². The van der Waals surface area contributed by atoms with Crippen LogP contribution in [0.4, 0.5) is 0 Å². The maximum Gasteiger partial charge on any atom is 0.257 e. The number of nitrogens with zero attached hydrogens (tertiary/aromatic N) is 1. The minimum Gasteiger partial charge on any atom is -0.273 e. The molecule has 2 amide bonds. The fourth-order valence-corrected chi connectivity index (χ4v) is 2.08. The van der Waals surface area contributed by atoms with E-state index in [0.717, 1.165) is 10.8 Å². The lowest BCUT2D eigenvalue weighted by Gasteiger charge is -2.11. The van der Waals surface area contributed by atoms with Gasteiger partial charge in [-0.1, -0.05) is 6.92 Å². The maximum atomic E-state index is 11.4. The molecule has 0 aromatic carbocycles. The molecule has 5 heteroatoms. The van der Waals surface area contributed by atoms with E-state index >= 15 is 0 Å². The number of rotatable bonds is 3. The number of hydrogen-bond acceptors (Lipinski definition) is 4. The predicted octanol–water partition coefficient (Wildman–Crippen LogP) is 0.00140. The molecule has 0 radical (unpaired) electrons. The van der Waals surface area contributed by atoms with Gasteiger partial charge >= 0.3 is 0 Å². The summed E-state index contributed by atoms with van der Waals surface area (Å²) < 4.78 is 0. The van der Waals surface area contributed by atoms with Gasteiger partial charge in [-0.2, -0.15) is 0 Å². The molecule has 0 bridgehead atoms. The molecular weight excluding hydrogens is 176 g/mol. The number of hydrazine groups is 1. The molecule has 12 heavy (non-hydrogen) atoms. The van der Waals surface area contributed by atoms with Gasteiger partial charge in [0, 0.05) is 13.5 Å². The van der Waals surface area contributed by atoms with Gasteiger partial charge in [-0.15, -0.1) is 11.8 Å². The lowest BCUT2D eigenvalue weighted by Crippen LogP contribution is -2.40. The van der Waals surface area contributed by atoms with Gasteiger partial charge in [-0.3, -0.25) is 9.59 Å². The average Bonchev–Trinajstić information content (AvgIpc) is 2.29. The standard InChI is InChI=1S/C7H12N2O2S/c1-3-12-5-4-6(10)9(8-2)7(5)11/h5,8H,3-4H2,1-2H3. The number of carbonyl (C=O) groups is 2. The van der Waals surface area contributed by atoms with Crippen LogP contribution >= 0.6 is 11.8 Å². The number of thioether (sulfide) groups is 1. The smallest absolute Gasteiger partial charge is 0.257 e. The molecule has 1 aliphatic rings. The predicted molar refractivity (Wildman–Crippen MR) is 47.4 cm³/mol. The molecule has 0 saturated carbocycles. The van der Waals surface area contributed by atoms with Crippen LogP contribution in [0.5, 0.6) is 0 Å². The number of nitrogens with one attached hydrogen (secondary N) is 1. The van der Waals surface area contributed by atoms with E-state index in [9.17, 15) is 9.59 Å². The van der Waals surface area contributed by atoms with E-state index in [4.69, 9.17) is 0 Å². The molecule has 4 nitrogen and oxygen atoms in total. The third-order valence-corrected chi connectivity index (χ3v) is 2.80. The van der Waals surface area contributed by atoms with Gasteiger partial charge in [-0.05, 0) is 5.75 Å². The van der Waals surface area contributed by atoms with Crippen LogP contribution in [-0.2, 0) is 9.59 Å². The third-order valence-electron chi connectivity index (χ3n) is 1.70. The van der Waals surface area contributed by atoms with Crippen molar-refractivity contribution in [2.75, 3.05) is 12.8 Å². The zero-order valence-electron chi connectivity index (χ0n) is 7.16. The van der Waals surface area contributed by atoms with Crippen LogP contribution in [0.1, 0.15) is 13.3 Å². The highest BCUT2D eigenvalue weighted by Gasteiger charge is 2.37. The molecule has 1 rings (SSSR count). The first-order chi connectivity index (χ1) is 5.70. The molecule has 1 N–H and O–H groups in total. The van der Waals surface area contributed by atoms with E-state index < -0.39 is 0 Å². The van der Waals surface area contributed by atoms with Crippen LogP contribution in [0.15, 0.2) is 0 Å². The van der Waals surface area contributed by atoms with E-state index in [1.54, 1.807) is 7.05 Å². The van der Waals surface area contributed by atoms with Crippen LogP contribution in [0.2, 0.25) is 0 Å². The highest BCUT2D eigenvalue weighted by Crippen LogP contribution is 2.23. The number of carbonyl (C=O) groups excluding carboxylic acids is 2. The fourth-order valence-electron chi connectivity index (χ4n) is 1.17. The minimum atomic E-state index is -0.171. The Balaban J connectivity index is 2.62. The Morgan fingerprint density at radius 1 is 1.67 bits per heavy atom. The van der Waals surface area contributed by atoms with Crippen LogP contribution in [-0.4, -0.2) is 34.9 Å². The second-order valence-electron chi connectivity index (χ2n) is 2.44. The Morgan fingerprint density at radius 3 is 2.75 bits per heavy atom. The third kappa shape index (κ3) is 1.61. The molecule has 0 aromatic rings. The molecule has 0 spiro atoms. The van der Waals surface area contributed by atoms with Crippen molar-refractivity contribution in [3.63, 3.8) is 0 Å². The Bertz CT molecular complexity index is 208. The molecular formula is C7H12N2O2S. The highest BCUT2D eigenvalue weighted by atomic mass is 32.2. The van der Waals surface area contributed by atoms with Gasteiger partial charge in [0.25, 0.3) is 5.91 Å². The largest absolute Gasteiger partial charge is 0.273 e. The van der Waals surface area contributed by atoms with Gasteiger partial charge in [0.1, 0.15) is 0 Å². The monoisotopic (exact) mass is 188 g/mol. The first-order valence-electron chi connectivity index (χ1n) is 3.86. The average molecular weight is 188 g/mol. The molecule has 1 heterocycles. The number of imide groups is 1. The molecule has 0 aromatic heterocycles. The lowest BCUT2D eigenvalue weighted by atomic mass is 10.4. The van der Waals surface area contributed by atoms with Crippen LogP contribution in [0.25, 0.3) is 0 Å². The summed E-state index contributed by atoms with van der Waals surface area (Å²) >= 11 is 1.52. The second-order valence-corrected chi connectivity index (χ2v) is 3.92. The topological polar surface area (TPSA) is 49.4 Å². The number of hydrogen-bond donors (Lipinski definition) is 1. The Morgan fingerprint density at radius 2 is 2.33 bits per heavy atom. The van der Waals surface area contributed by atoms with E-state index in [2.05, 4.69) is 5.43 Å². The lowest BCUT2D eigenvalue weighted by molar-refractivity contribution is -0.141. The maximum absolute atomic E-state index is 11.4. The zero-order chi connectivity index (χ0) is 9.14. The van der Waals surface area contributed by atoms with Crippen molar-refractivity contribution in [1.82, 2.24) is 10.4 Å². The van der Waals surface area contributed by atoms with Crippen LogP contribution in [0, 0.1) is 0 Å². The summed E-state index contributed by atoms with van der Waals surface area (Å²) in [5.41, 5.74) is 2.57. The first kappa shape index (κ1) is 9.54. The molecule has 1 fully saturated rings. The molecule has 1 atom stereocenters. The van der Waals surface area contributed by atoms with Crippen molar-refractivity contribution in [3.05, 3.63) is 0 Å². The second kappa shape index (κ2) is 3.91. The van der Waals surface area contributed by atoms with Crippen molar-refractivity contribution in [2.24, 2.45) is 0 Å². The summed E-state index contributed by atoms with van der Waals surface area (Å²) in [6.45, 7) is 1.98. The fraction of sp³-hybridized carbons (Fsp3) is 0.714. The normalized spacial score (nSPS) is 23.8. The summed E-state index contributed by atoms with van der Waals surface area (Å²) in [5, 5.41) is 0.919. The highest BCUT2D eigenvalue weighted by molar-refractivity contribution is 8.00. The van der Waals surface area contributed by atoms with E-state index in [1.165, 1.54) is 11.8 Å². The summed E-state index contributed by atoms with van der Waals surface area (Å²) in [6.07, 6.45) is 0.332. The summed E-state index contributed by atoms with van der Waals surface area (Å²) in [5.74, 6) is 0.615. The van der Waals surface area contributed by atoms with Crippen molar-refractivity contribution in [3.8, 4) is 0 Å². The Hall–Kier alpha value is -0.550. The SMILES string of the molecule is CCSC1CC(=O)N(NC)C1=O. The Kier molecular flexibility index (Phi) is 3.11. The molecule has 1 saturated heterocycles. The van der Waals surface area contributed by atoms with Gasteiger partial charge in [0.15, 0.2) is 0 Å². The van der Waals surface area contributed by atoms with Crippen LogP contribution < -0.4 is 5.43 Å². The summed E-state index contributed by atoms with van der Waals surface area (Å²) in [6, 6.07) is 0. The van der Waals surface area contributed by atoms with E-state index in [0.29, 0.717) is 6.42 Å². The minimum absolute atomic E-state index is 0.116. The molecule has 1 unspecified atom stereocenters. The summed E-state index contributed by atoms with van der Waals surface area (Å²) in [7, 11) is 1.58. The van der Waals surface area contributed by atoms with Gasteiger partial charge in [0.2, 0.25) is 5.91 Å². The van der Waals surface area contributed by atoms with Crippen molar-refractivity contribution in [2.45, 2.75) is 18.6 Å². The quantitative estimate of drug-likeness (QED) is 0.633. The first-order valence-corrected chi connectivity index (χ1v) is 4.91. The summed E-state index contributed by atoms with van der Waals surface area (Å²) in [4.78, 5) is 22.5. The van der Waals surface area contributed by atoms with Crippen molar-refractivity contribution >= 4 is 23.6 Å². The van der Waals surface area contributed by atoms with E-state index in [1.807, 2.05) is 6.92 Å². The van der Waals surface area contributed by atoms with Crippen molar-refractivity contribution < 1.29 is 9.59 Å². The molecule has 1 aliphatic heterocycles. The Labute approximate surface area is 75.6 Å².